The lowest BCUT2D eigenvalue weighted by Crippen LogP contribution is -2.46. The molecule has 0 saturated carbocycles. The Morgan fingerprint density at radius 1 is 1.06 bits per heavy atom. The second kappa shape index (κ2) is 11.5. The number of benzene rings is 3. The van der Waals surface area contributed by atoms with E-state index in [9.17, 15) is 9.59 Å². The number of hydrogen-bond donors (Lipinski definition) is 1. The number of halogens is 1. The van der Waals surface area contributed by atoms with E-state index in [-0.39, 0.29) is 25.3 Å². The summed E-state index contributed by atoms with van der Waals surface area (Å²) in [7, 11) is 1.52. The van der Waals surface area contributed by atoms with Crippen molar-refractivity contribution in [1.29, 1.82) is 0 Å². The highest BCUT2D eigenvalue weighted by atomic mass is 19.1. The van der Waals surface area contributed by atoms with E-state index in [1.807, 2.05) is 37.3 Å². The van der Waals surface area contributed by atoms with Gasteiger partial charge in [0.1, 0.15) is 23.9 Å². The molecule has 1 heterocycles. The van der Waals surface area contributed by atoms with Gasteiger partial charge in [-0.2, -0.15) is 0 Å². The quantitative estimate of drug-likeness (QED) is 0.344. The van der Waals surface area contributed by atoms with Gasteiger partial charge in [0.15, 0.2) is 0 Å². The van der Waals surface area contributed by atoms with Crippen LogP contribution in [0.15, 0.2) is 72.8 Å². The van der Waals surface area contributed by atoms with Crippen molar-refractivity contribution in [2.45, 2.75) is 25.9 Å². The highest BCUT2D eigenvalue weighted by molar-refractivity contribution is 6.01. The molecule has 36 heavy (non-hydrogen) atoms. The van der Waals surface area contributed by atoms with E-state index in [4.69, 9.17) is 4.74 Å². The number of methoxy groups -OCH3 is 1. The zero-order chi connectivity index (χ0) is 25.5. The first-order chi connectivity index (χ1) is 17.5. The fourth-order valence-corrected chi connectivity index (χ4v) is 4.04. The topological polar surface area (TPSA) is 89.4 Å². The van der Waals surface area contributed by atoms with Crippen LogP contribution in [0.3, 0.4) is 0 Å². The second-order valence-electron chi connectivity index (χ2n) is 8.23. The lowest BCUT2D eigenvalue weighted by Gasteiger charge is -2.32. The maximum atomic E-state index is 15.1. The van der Waals surface area contributed by atoms with Crippen LogP contribution in [-0.4, -0.2) is 47.1 Å². The molecule has 2 amide bonds. The number of ether oxygens (including phenoxy) is 1. The van der Waals surface area contributed by atoms with Gasteiger partial charge in [-0.1, -0.05) is 54.6 Å². The van der Waals surface area contributed by atoms with Crippen molar-refractivity contribution in [2.24, 2.45) is 0 Å². The van der Waals surface area contributed by atoms with Gasteiger partial charge >= 0.3 is 0 Å². The van der Waals surface area contributed by atoms with Crippen LogP contribution < -0.4 is 10.2 Å². The molecule has 0 saturated heterocycles. The van der Waals surface area contributed by atoms with Crippen LogP contribution in [0.2, 0.25) is 0 Å². The highest BCUT2D eigenvalue weighted by Crippen LogP contribution is 2.30. The van der Waals surface area contributed by atoms with Gasteiger partial charge in [-0.05, 0) is 42.3 Å². The van der Waals surface area contributed by atoms with Crippen molar-refractivity contribution in [3.63, 3.8) is 0 Å². The normalized spacial score (nSPS) is 11.9. The van der Waals surface area contributed by atoms with Gasteiger partial charge < -0.3 is 10.1 Å². The first kappa shape index (κ1) is 25.0. The summed E-state index contributed by atoms with van der Waals surface area (Å²) >= 11 is 0. The minimum absolute atomic E-state index is 0.0868. The van der Waals surface area contributed by atoms with Crippen molar-refractivity contribution in [2.75, 3.05) is 25.2 Å². The van der Waals surface area contributed by atoms with Crippen molar-refractivity contribution in [3.05, 3.63) is 89.7 Å². The van der Waals surface area contributed by atoms with E-state index in [1.165, 1.54) is 28.8 Å². The van der Waals surface area contributed by atoms with E-state index in [2.05, 4.69) is 15.6 Å². The summed E-state index contributed by atoms with van der Waals surface area (Å²) in [4.78, 5) is 28.7. The summed E-state index contributed by atoms with van der Waals surface area (Å²) in [5.74, 6) is -1.54. The molecule has 1 N–H and O–H groups in total. The molecule has 9 heteroatoms. The molecule has 186 valence electrons. The molecule has 1 unspecified atom stereocenters. The van der Waals surface area contributed by atoms with E-state index >= 15 is 4.39 Å². The summed E-state index contributed by atoms with van der Waals surface area (Å²) in [5.41, 5.74) is 2.95. The third-order valence-electron chi connectivity index (χ3n) is 5.91. The van der Waals surface area contributed by atoms with Crippen molar-refractivity contribution < 1.29 is 18.7 Å². The monoisotopic (exact) mass is 489 g/mol. The maximum absolute atomic E-state index is 15.1. The van der Waals surface area contributed by atoms with E-state index in [0.29, 0.717) is 16.7 Å². The molecule has 3 aromatic carbocycles. The Morgan fingerprint density at radius 2 is 1.78 bits per heavy atom. The number of amides is 2. The average molecular weight is 490 g/mol. The number of para-hydroxylation sites is 1. The number of carbonyl (C=O) groups excluding carboxylic acids is 2. The summed E-state index contributed by atoms with van der Waals surface area (Å²) in [6, 6.07) is 19.3. The molecule has 8 nitrogen and oxygen atoms in total. The number of rotatable bonds is 10. The molecule has 4 rings (SSSR count). The minimum Gasteiger partial charge on any atom is -0.383 e. The van der Waals surface area contributed by atoms with Crippen LogP contribution in [0.4, 0.5) is 10.1 Å². The standard InChI is InChI=1S/C27H28FN5O3/c1-3-19-12-14-20(15-13-19)33(25(34)18-32-24-11-7-6-10-23(24)30-31-32)26(27(35)29-16-17-36-2)21-8-4-5-9-22(21)28/h4-15,26H,3,16-18H2,1-2H3,(H,29,35). The molecule has 4 aromatic rings. The lowest BCUT2D eigenvalue weighted by molar-refractivity contribution is -0.127. The average Bonchev–Trinajstić information content (AvgIpc) is 3.30. The van der Waals surface area contributed by atoms with Crippen molar-refractivity contribution >= 4 is 28.5 Å². The van der Waals surface area contributed by atoms with Gasteiger partial charge in [0.25, 0.3) is 0 Å². The smallest absolute Gasteiger partial charge is 0.249 e. The van der Waals surface area contributed by atoms with Crippen LogP contribution >= 0.6 is 0 Å². The molecule has 1 aromatic heterocycles. The highest BCUT2D eigenvalue weighted by Gasteiger charge is 2.34. The minimum atomic E-state index is -1.25. The number of nitrogens with zero attached hydrogens (tertiary/aromatic N) is 4. The molecule has 0 aliphatic heterocycles. The second-order valence-corrected chi connectivity index (χ2v) is 8.23. The van der Waals surface area contributed by atoms with Gasteiger partial charge in [0.2, 0.25) is 11.8 Å². The van der Waals surface area contributed by atoms with Gasteiger partial charge in [-0.25, -0.2) is 9.07 Å². The molecule has 0 fully saturated rings. The molecule has 0 aliphatic rings. The molecule has 1 atom stereocenters. The molecule has 0 bridgehead atoms. The summed E-state index contributed by atoms with van der Waals surface area (Å²) in [5, 5.41) is 11.0. The molecule has 0 radical (unpaired) electrons. The fraction of sp³-hybridized carbons (Fsp3) is 0.259. The van der Waals surface area contributed by atoms with E-state index in [0.717, 1.165) is 12.0 Å². The summed E-state index contributed by atoms with van der Waals surface area (Å²) < 4.78 is 21.6. The van der Waals surface area contributed by atoms with Gasteiger partial charge in [-0.15, -0.1) is 5.10 Å². The van der Waals surface area contributed by atoms with Crippen molar-refractivity contribution in [1.82, 2.24) is 20.3 Å². The number of hydrogen-bond acceptors (Lipinski definition) is 5. The third kappa shape index (κ3) is 5.41. The van der Waals surface area contributed by atoms with Crippen LogP contribution in [0.25, 0.3) is 11.0 Å². The number of fused-ring (bicyclic) bond motifs is 1. The Labute approximate surface area is 208 Å². The molecule has 0 spiro atoms. The van der Waals surface area contributed by atoms with Crippen LogP contribution in [0.1, 0.15) is 24.1 Å². The Hall–Kier alpha value is -4.11. The van der Waals surface area contributed by atoms with Crippen LogP contribution in [-0.2, 0) is 27.3 Å². The molecular weight excluding hydrogens is 461 g/mol. The number of carbonyl (C=O) groups is 2. The zero-order valence-corrected chi connectivity index (χ0v) is 20.2. The number of aromatic nitrogens is 3. The van der Waals surface area contributed by atoms with E-state index < -0.39 is 23.7 Å². The zero-order valence-electron chi connectivity index (χ0n) is 20.2. The first-order valence-electron chi connectivity index (χ1n) is 11.7. The maximum Gasteiger partial charge on any atom is 0.249 e. The number of nitrogens with one attached hydrogen (secondary N) is 1. The lowest BCUT2D eigenvalue weighted by atomic mass is 10.0. The van der Waals surface area contributed by atoms with Crippen LogP contribution in [0.5, 0.6) is 0 Å². The predicted molar refractivity (Wildman–Crippen MR) is 135 cm³/mol. The Kier molecular flexibility index (Phi) is 8.02. The van der Waals surface area contributed by atoms with Gasteiger partial charge in [0.05, 0.1) is 12.1 Å². The fourth-order valence-electron chi connectivity index (χ4n) is 4.04. The summed E-state index contributed by atoms with van der Waals surface area (Å²) in [6.07, 6.45) is 0.813. The Balaban J connectivity index is 1.79. The molecule has 0 aliphatic carbocycles. The van der Waals surface area contributed by atoms with Gasteiger partial charge in [0, 0.05) is 24.9 Å². The largest absolute Gasteiger partial charge is 0.383 e. The third-order valence-corrected chi connectivity index (χ3v) is 5.91. The predicted octanol–water partition coefficient (Wildman–Crippen LogP) is 3.67. The first-order valence-corrected chi connectivity index (χ1v) is 11.7. The van der Waals surface area contributed by atoms with Gasteiger partial charge in [-0.3, -0.25) is 14.5 Å². The van der Waals surface area contributed by atoms with Crippen LogP contribution in [0, 0.1) is 5.82 Å². The SMILES string of the molecule is CCc1ccc(N(C(=O)Cn2nnc3ccccc32)C(C(=O)NCCOC)c2ccccc2F)cc1. The Morgan fingerprint density at radius 3 is 2.50 bits per heavy atom. The Bertz CT molecular complexity index is 1340. The van der Waals surface area contributed by atoms with E-state index in [1.54, 1.807) is 30.3 Å². The molecular formula is C27H28FN5O3. The summed E-state index contributed by atoms with van der Waals surface area (Å²) in [6.45, 7) is 2.33. The number of anilines is 1. The van der Waals surface area contributed by atoms with Crippen molar-refractivity contribution in [3.8, 4) is 0 Å². The number of aryl methyl sites for hydroxylation is 1.